The van der Waals surface area contributed by atoms with E-state index in [1.807, 2.05) is 4.90 Å². The van der Waals surface area contributed by atoms with Crippen LogP contribution in [0.4, 0.5) is 11.4 Å². The van der Waals surface area contributed by atoms with Crippen molar-refractivity contribution in [3.05, 3.63) is 33.3 Å². The van der Waals surface area contributed by atoms with Crippen molar-refractivity contribution in [2.45, 2.75) is 19.3 Å². The van der Waals surface area contributed by atoms with Crippen molar-refractivity contribution >= 4 is 23.0 Å². The van der Waals surface area contributed by atoms with E-state index in [2.05, 4.69) is 0 Å². The molecule has 1 unspecified atom stereocenters. The molecule has 6 heteroatoms. The Bertz CT molecular complexity index is 465. The van der Waals surface area contributed by atoms with Gasteiger partial charge in [-0.3, -0.25) is 10.1 Å². The van der Waals surface area contributed by atoms with Crippen molar-refractivity contribution in [3.8, 4) is 0 Å². The van der Waals surface area contributed by atoms with Crippen LogP contribution >= 0.6 is 11.6 Å². The minimum atomic E-state index is -0.367. The van der Waals surface area contributed by atoms with Crippen LogP contribution in [0.25, 0.3) is 0 Å². The summed E-state index contributed by atoms with van der Waals surface area (Å²) >= 11 is 6.16. The molecule has 0 amide bonds. The number of para-hydroxylation sites is 1. The molecule has 19 heavy (non-hydrogen) atoms. The highest BCUT2D eigenvalue weighted by Gasteiger charge is 2.27. The number of piperidine rings is 1. The molecule has 0 spiro atoms. The first kappa shape index (κ1) is 14.1. The number of rotatable bonds is 4. The summed E-state index contributed by atoms with van der Waals surface area (Å²) in [6.07, 6.45) is 3.10. The van der Waals surface area contributed by atoms with Crippen LogP contribution in [-0.2, 0) is 0 Å². The normalized spacial score (nSPS) is 19.5. The monoisotopic (exact) mass is 283 g/mol. The van der Waals surface area contributed by atoms with E-state index >= 15 is 0 Å². The molecule has 5 nitrogen and oxygen atoms in total. The molecule has 104 valence electrons. The number of nitrogens with zero attached hydrogens (tertiary/aromatic N) is 2. The largest absolute Gasteiger partial charge is 0.364 e. The molecule has 1 atom stereocenters. The van der Waals surface area contributed by atoms with Gasteiger partial charge < -0.3 is 10.6 Å². The quantitative estimate of drug-likeness (QED) is 0.681. The third-order valence-corrected chi connectivity index (χ3v) is 3.88. The second kappa shape index (κ2) is 6.21. The second-order valence-corrected chi connectivity index (χ2v) is 5.30. The van der Waals surface area contributed by atoms with Gasteiger partial charge in [0.05, 0.1) is 9.95 Å². The van der Waals surface area contributed by atoms with Gasteiger partial charge in [-0.25, -0.2) is 0 Å². The maximum atomic E-state index is 11.1. The lowest BCUT2D eigenvalue weighted by Gasteiger charge is -2.34. The Morgan fingerprint density at radius 2 is 2.32 bits per heavy atom. The summed E-state index contributed by atoms with van der Waals surface area (Å²) in [4.78, 5) is 12.8. The van der Waals surface area contributed by atoms with Crippen molar-refractivity contribution in [1.82, 2.24) is 0 Å². The molecule has 0 radical (unpaired) electrons. The number of nitro groups is 1. The van der Waals surface area contributed by atoms with Crippen molar-refractivity contribution in [3.63, 3.8) is 0 Å². The number of anilines is 1. The van der Waals surface area contributed by atoms with E-state index in [0.717, 1.165) is 32.4 Å². The first-order valence-corrected chi connectivity index (χ1v) is 6.89. The number of nitrogens with two attached hydrogens (primary N) is 1. The lowest BCUT2D eigenvalue weighted by Crippen LogP contribution is -2.36. The third kappa shape index (κ3) is 3.16. The van der Waals surface area contributed by atoms with Gasteiger partial charge in [0.25, 0.3) is 5.69 Å². The van der Waals surface area contributed by atoms with Crippen molar-refractivity contribution in [2.75, 3.05) is 24.5 Å². The summed E-state index contributed by atoms with van der Waals surface area (Å²) in [6.45, 7) is 2.26. The van der Waals surface area contributed by atoms with Crippen LogP contribution < -0.4 is 10.6 Å². The van der Waals surface area contributed by atoms with Gasteiger partial charge >= 0.3 is 0 Å². The fraction of sp³-hybridized carbons (Fsp3) is 0.538. The molecule has 0 saturated carbocycles. The zero-order valence-electron chi connectivity index (χ0n) is 10.7. The summed E-state index contributed by atoms with van der Waals surface area (Å²) in [5.74, 6) is 0.495. The van der Waals surface area contributed by atoms with Gasteiger partial charge in [0.1, 0.15) is 5.69 Å². The maximum Gasteiger partial charge on any atom is 0.294 e. The third-order valence-electron chi connectivity index (χ3n) is 3.57. The molecule has 1 saturated heterocycles. The summed E-state index contributed by atoms with van der Waals surface area (Å²) < 4.78 is 0. The zero-order chi connectivity index (χ0) is 13.8. The average Bonchev–Trinajstić information content (AvgIpc) is 2.39. The second-order valence-electron chi connectivity index (χ2n) is 4.90. The Labute approximate surface area is 117 Å². The predicted molar refractivity (Wildman–Crippen MR) is 76.7 cm³/mol. The van der Waals surface area contributed by atoms with E-state index < -0.39 is 0 Å². The minimum absolute atomic E-state index is 0.0842. The summed E-state index contributed by atoms with van der Waals surface area (Å²) in [5, 5.41) is 11.6. The highest BCUT2D eigenvalue weighted by atomic mass is 35.5. The number of nitro benzene ring substituents is 1. The van der Waals surface area contributed by atoms with Crippen LogP contribution in [0.5, 0.6) is 0 Å². The van der Waals surface area contributed by atoms with Crippen molar-refractivity contribution in [1.29, 1.82) is 0 Å². The fourth-order valence-electron chi connectivity index (χ4n) is 2.70. The van der Waals surface area contributed by atoms with Gasteiger partial charge in [0, 0.05) is 19.2 Å². The molecule has 1 aliphatic rings. The average molecular weight is 284 g/mol. The standard InChI is InChI=1S/C13H18ClN3O2/c14-11-4-1-5-12(17(18)19)13(11)16-8-2-3-10(9-16)6-7-15/h1,4-5,10H,2-3,6-9,15H2. The van der Waals surface area contributed by atoms with Gasteiger partial charge in [0.2, 0.25) is 0 Å². The van der Waals surface area contributed by atoms with Crippen LogP contribution in [0.3, 0.4) is 0 Å². The Morgan fingerprint density at radius 1 is 1.53 bits per heavy atom. The first-order valence-electron chi connectivity index (χ1n) is 6.51. The first-order chi connectivity index (χ1) is 9.13. The smallest absolute Gasteiger partial charge is 0.294 e. The molecule has 2 rings (SSSR count). The summed E-state index contributed by atoms with van der Waals surface area (Å²) in [7, 11) is 0. The topological polar surface area (TPSA) is 72.4 Å². The molecule has 0 bridgehead atoms. The van der Waals surface area contributed by atoms with Gasteiger partial charge in [-0.1, -0.05) is 17.7 Å². The van der Waals surface area contributed by atoms with E-state index in [4.69, 9.17) is 17.3 Å². The molecule has 2 N–H and O–H groups in total. The van der Waals surface area contributed by atoms with Crippen LogP contribution in [-0.4, -0.2) is 24.6 Å². The van der Waals surface area contributed by atoms with Gasteiger partial charge in [-0.15, -0.1) is 0 Å². The van der Waals surface area contributed by atoms with Crippen molar-refractivity contribution in [2.24, 2.45) is 11.7 Å². The van der Waals surface area contributed by atoms with E-state index in [1.54, 1.807) is 12.1 Å². The molecule has 1 aliphatic heterocycles. The van der Waals surface area contributed by atoms with E-state index in [1.165, 1.54) is 6.07 Å². The van der Waals surface area contributed by atoms with E-state index in [9.17, 15) is 10.1 Å². The number of halogens is 1. The molecule has 1 fully saturated rings. The molecule has 1 aromatic carbocycles. The lowest BCUT2D eigenvalue weighted by molar-refractivity contribution is -0.384. The molecule has 1 heterocycles. The van der Waals surface area contributed by atoms with Gasteiger partial charge in [0.15, 0.2) is 0 Å². The van der Waals surface area contributed by atoms with Crippen LogP contribution in [0.2, 0.25) is 5.02 Å². The molecular formula is C13H18ClN3O2. The van der Waals surface area contributed by atoms with E-state index in [-0.39, 0.29) is 10.6 Å². The molecule has 1 aromatic rings. The van der Waals surface area contributed by atoms with E-state index in [0.29, 0.717) is 23.2 Å². The van der Waals surface area contributed by atoms with Crippen LogP contribution in [0.1, 0.15) is 19.3 Å². The fourth-order valence-corrected chi connectivity index (χ4v) is 2.99. The highest BCUT2D eigenvalue weighted by molar-refractivity contribution is 6.33. The number of hydrogen-bond acceptors (Lipinski definition) is 4. The number of benzene rings is 1. The highest BCUT2D eigenvalue weighted by Crippen LogP contribution is 2.37. The molecule has 0 aromatic heterocycles. The van der Waals surface area contributed by atoms with Crippen LogP contribution in [0.15, 0.2) is 18.2 Å². The SMILES string of the molecule is NCCC1CCCN(c2c(Cl)cccc2[N+](=O)[O-])C1. The van der Waals surface area contributed by atoms with Crippen LogP contribution in [0, 0.1) is 16.0 Å². The summed E-state index contributed by atoms with van der Waals surface area (Å²) in [6, 6.07) is 4.83. The Hall–Kier alpha value is -1.33. The zero-order valence-corrected chi connectivity index (χ0v) is 11.5. The number of hydrogen-bond donors (Lipinski definition) is 1. The molecule has 0 aliphatic carbocycles. The van der Waals surface area contributed by atoms with Gasteiger partial charge in [-0.2, -0.15) is 0 Å². The lowest BCUT2D eigenvalue weighted by atomic mass is 9.94. The Balaban J connectivity index is 2.28. The minimum Gasteiger partial charge on any atom is -0.364 e. The Morgan fingerprint density at radius 3 is 3.00 bits per heavy atom. The Kier molecular flexibility index (Phi) is 4.61. The van der Waals surface area contributed by atoms with Gasteiger partial charge in [-0.05, 0) is 37.8 Å². The summed E-state index contributed by atoms with van der Waals surface area (Å²) in [5.41, 5.74) is 6.23. The maximum absolute atomic E-state index is 11.1. The van der Waals surface area contributed by atoms with Crippen molar-refractivity contribution < 1.29 is 4.92 Å². The molecular weight excluding hydrogens is 266 g/mol. The predicted octanol–water partition coefficient (Wildman–Crippen LogP) is 2.81.